The average molecular weight is 775 g/mol. The van der Waals surface area contributed by atoms with Crippen molar-refractivity contribution in [2.75, 3.05) is 78.0 Å². The standard InChI is InChI=1S/C42H46N8O7/c1-45-23-33(29-8-9-43-17-32(29)40(45)53)26-14-36(56-2)34(37(15-26)57-3)24-46-10-12-48(13-11-46)28-21-47(22-28)18-25-19-49(20-25)27-4-5-30-31(16-27)42(55)50(41(30)54)35-6-7-38(51)44-39(35)52/h4-5,8-9,14-17,23,25,28,35H,6-7,10-13,18-22,24H2,1-3H3,(H,44,51,52). The molecule has 9 rings (SSSR count). The Bertz CT molecular complexity index is 2340. The highest BCUT2D eigenvalue weighted by Crippen LogP contribution is 2.38. The van der Waals surface area contributed by atoms with Crippen molar-refractivity contribution in [3.05, 3.63) is 82.0 Å². The molecular weight excluding hydrogens is 729 g/mol. The lowest BCUT2D eigenvalue weighted by Gasteiger charge is -2.51. The number of ether oxygens (including phenoxy) is 2. The lowest BCUT2D eigenvalue weighted by molar-refractivity contribution is -0.136. The van der Waals surface area contributed by atoms with E-state index in [-0.39, 0.29) is 24.3 Å². The summed E-state index contributed by atoms with van der Waals surface area (Å²) in [7, 11) is 5.12. The lowest BCUT2D eigenvalue weighted by atomic mass is 9.95. The minimum Gasteiger partial charge on any atom is -0.496 e. The molecule has 4 amide bonds. The van der Waals surface area contributed by atoms with Crippen LogP contribution in [0.15, 0.2) is 59.8 Å². The highest BCUT2D eigenvalue weighted by atomic mass is 16.5. The molecule has 15 nitrogen and oxygen atoms in total. The number of piperazine rings is 1. The van der Waals surface area contributed by atoms with Crippen molar-refractivity contribution < 1.29 is 28.7 Å². The Labute approximate surface area is 329 Å². The van der Waals surface area contributed by atoms with Gasteiger partial charge in [0.2, 0.25) is 11.8 Å². The highest BCUT2D eigenvalue weighted by Gasteiger charge is 2.45. The highest BCUT2D eigenvalue weighted by molar-refractivity contribution is 6.23. The normalized spacial score (nSPS) is 21.1. The first kappa shape index (κ1) is 37.0. The molecule has 296 valence electrons. The second kappa shape index (κ2) is 14.7. The third-order valence-electron chi connectivity index (χ3n) is 12.4. The first-order chi connectivity index (χ1) is 27.6. The van der Waals surface area contributed by atoms with Crippen LogP contribution in [0, 0.1) is 5.92 Å². The third-order valence-corrected chi connectivity index (χ3v) is 12.4. The van der Waals surface area contributed by atoms with Gasteiger partial charge in [-0.3, -0.25) is 53.9 Å². The molecule has 5 aliphatic rings. The van der Waals surface area contributed by atoms with Gasteiger partial charge in [-0.1, -0.05) is 0 Å². The fourth-order valence-electron chi connectivity index (χ4n) is 9.19. The van der Waals surface area contributed by atoms with Gasteiger partial charge in [0.1, 0.15) is 17.5 Å². The number of carbonyl (C=O) groups excluding carboxylic acids is 4. The van der Waals surface area contributed by atoms with Crippen LogP contribution in [-0.4, -0.2) is 138 Å². The molecule has 4 saturated heterocycles. The van der Waals surface area contributed by atoms with Crippen LogP contribution in [0.25, 0.3) is 21.9 Å². The fraction of sp³-hybridized carbons (Fsp3) is 0.429. The van der Waals surface area contributed by atoms with Crippen LogP contribution in [0.5, 0.6) is 11.5 Å². The van der Waals surface area contributed by atoms with Gasteiger partial charge in [0.05, 0.1) is 36.3 Å². The van der Waals surface area contributed by atoms with E-state index in [4.69, 9.17) is 9.47 Å². The lowest BCUT2D eigenvalue weighted by Crippen LogP contribution is -2.65. The SMILES string of the molecule is COc1cc(-c2cn(C)c(=O)c3cnccc23)cc(OC)c1CN1CCN(C2CN(CC3CN(c4ccc5c(c4)C(=O)N(C4CCC(=O)NC4=O)C5=O)C3)C2)CC1. The molecule has 4 fully saturated rings. The molecule has 57 heavy (non-hydrogen) atoms. The van der Waals surface area contributed by atoms with Crippen LogP contribution in [0.2, 0.25) is 0 Å². The number of methoxy groups -OCH3 is 2. The first-order valence-electron chi connectivity index (χ1n) is 19.6. The van der Waals surface area contributed by atoms with Crippen LogP contribution >= 0.6 is 0 Å². The number of pyridine rings is 2. The molecule has 1 unspecified atom stereocenters. The Morgan fingerprint density at radius 3 is 2.23 bits per heavy atom. The second-order valence-electron chi connectivity index (χ2n) is 15.9. The summed E-state index contributed by atoms with van der Waals surface area (Å²) in [5, 5.41) is 3.65. The molecule has 5 aliphatic heterocycles. The summed E-state index contributed by atoms with van der Waals surface area (Å²) >= 11 is 0. The molecule has 0 radical (unpaired) electrons. The maximum Gasteiger partial charge on any atom is 0.262 e. The number of carbonyl (C=O) groups is 4. The molecule has 0 aliphatic carbocycles. The molecule has 15 heteroatoms. The summed E-state index contributed by atoms with van der Waals surface area (Å²) in [5.74, 6) is 0.0818. The number of nitrogens with zero attached hydrogens (tertiary/aromatic N) is 7. The quantitative estimate of drug-likeness (QED) is 0.235. The van der Waals surface area contributed by atoms with Crippen LogP contribution in [-0.2, 0) is 23.2 Å². The zero-order valence-electron chi connectivity index (χ0n) is 32.4. The number of hydrogen-bond acceptors (Lipinski definition) is 12. The van der Waals surface area contributed by atoms with Gasteiger partial charge in [0.15, 0.2) is 0 Å². The van der Waals surface area contributed by atoms with E-state index in [9.17, 15) is 24.0 Å². The molecule has 1 atom stereocenters. The number of amides is 4. The van der Waals surface area contributed by atoms with Crippen molar-refractivity contribution >= 4 is 40.1 Å². The molecule has 7 heterocycles. The molecule has 0 bridgehead atoms. The molecule has 2 aromatic carbocycles. The smallest absolute Gasteiger partial charge is 0.262 e. The Balaban J connectivity index is 0.757. The largest absolute Gasteiger partial charge is 0.496 e. The summed E-state index contributed by atoms with van der Waals surface area (Å²) in [6.45, 7) is 9.49. The Morgan fingerprint density at radius 2 is 1.53 bits per heavy atom. The van der Waals surface area contributed by atoms with Gasteiger partial charge in [-0.2, -0.15) is 0 Å². The predicted molar refractivity (Wildman–Crippen MR) is 211 cm³/mol. The maximum absolute atomic E-state index is 13.3. The van der Waals surface area contributed by atoms with Gasteiger partial charge in [0, 0.05) is 121 Å². The number of rotatable bonds is 10. The zero-order valence-corrected chi connectivity index (χ0v) is 32.4. The number of aromatic nitrogens is 2. The Hall–Kier alpha value is -5.64. The van der Waals surface area contributed by atoms with E-state index in [1.54, 1.807) is 50.4 Å². The summed E-state index contributed by atoms with van der Waals surface area (Å²) < 4.78 is 13.5. The molecule has 4 aromatic rings. The number of imide groups is 2. The van der Waals surface area contributed by atoms with Crippen molar-refractivity contribution in [2.24, 2.45) is 13.0 Å². The monoisotopic (exact) mass is 774 g/mol. The molecule has 2 aromatic heterocycles. The van der Waals surface area contributed by atoms with E-state index < -0.39 is 23.8 Å². The summed E-state index contributed by atoms with van der Waals surface area (Å²) in [4.78, 5) is 78.2. The van der Waals surface area contributed by atoms with Crippen molar-refractivity contribution in [2.45, 2.75) is 31.5 Å². The number of piperidine rings is 1. The third kappa shape index (κ3) is 6.62. The van der Waals surface area contributed by atoms with E-state index in [0.717, 1.165) is 103 Å². The molecule has 1 N–H and O–H groups in total. The van der Waals surface area contributed by atoms with Crippen molar-refractivity contribution in [3.63, 3.8) is 0 Å². The van der Waals surface area contributed by atoms with E-state index in [0.29, 0.717) is 35.0 Å². The molecular formula is C42H46N8O7. The summed E-state index contributed by atoms with van der Waals surface area (Å²) in [6, 6.07) is 10.9. The van der Waals surface area contributed by atoms with E-state index in [1.807, 2.05) is 30.5 Å². The van der Waals surface area contributed by atoms with Gasteiger partial charge < -0.3 is 18.9 Å². The minimum atomic E-state index is -0.964. The van der Waals surface area contributed by atoms with E-state index in [1.165, 1.54) is 0 Å². The number of anilines is 1. The predicted octanol–water partition coefficient (Wildman–Crippen LogP) is 1.96. The number of aryl methyl sites for hydroxylation is 1. The van der Waals surface area contributed by atoms with Crippen LogP contribution in [0.4, 0.5) is 5.69 Å². The Kier molecular flexibility index (Phi) is 9.53. The molecule has 0 saturated carbocycles. The maximum atomic E-state index is 13.3. The van der Waals surface area contributed by atoms with E-state index >= 15 is 0 Å². The number of nitrogens with one attached hydrogen (secondary N) is 1. The molecule has 0 spiro atoms. The topological polar surface area (TPSA) is 150 Å². The van der Waals surface area contributed by atoms with Gasteiger partial charge in [-0.25, -0.2) is 0 Å². The number of likely N-dealkylation sites (tertiary alicyclic amines) is 1. The van der Waals surface area contributed by atoms with Crippen molar-refractivity contribution in [1.29, 1.82) is 0 Å². The van der Waals surface area contributed by atoms with Gasteiger partial charge >= 0.3 is 0 Å². The fourth-order valence-corrected chi connectivity index (χ4v) is 9.19. The van der Waals surface area contributed by atoms with Crippen LogP contribution in [0.1, 0.15) is 39.1 Å². The minimum absolute atomic E-state index is 0.0891. The van der Waals surface area contributed by atoms with Gasteiger partial charge in [-0.15, -0.1) is 0 Å². The first-order valence-corrected chi connectivity index (χ1v) is 19.6. The Morgan fingerprint density at radius 1 is 0.807 bits per heavy atom. The number of hydrogen-bond donors (Lipinski definition) is 1. The van der Waals surface area contributed by atoms with Crippen molar-refractivity contribution in [3.8, 4) is 22.6 Å². The van der Waals surface area contributed by atoms with Crippen molar-refractivity contribution in [1.82, 2.24) is 34.5 Å². The van der Waals surface area contributed by atoms with Crippen LogP contribution < -0.4 is 25.2 Å². The van der Waals surface area contributed by atoms with Gasteiger partial charge in [-0.05, 0) is 53.8 Å². The zero-order chi connectivity index (χ0) is 39.5. The van der Waals surface area contributed by atoms with E-state index in [2.05, 4.69) is 29.9 Å². The number of benzene rings is 2. The van der Waals surface area contributed by atoms with Gasteiger partial charge in [0.25, 0.3) is 17.4 Å². The summed E-state index contributed by atoms with van der Waals surface area (Å²) in [5.41, 5.74) is 4.26. The average Bonchev–Trinajstić information content (AvgIpc) is 3.43. The number of fused-ring (bicyclic) bond motifs is 2. The van der Waals surface area contributed by atoms with Crippen LogP contribution in [0.3, 0.4) is 0 Å². The second-order valence-corrected chi connectivity index (χ2v) is 15.9. The summed E-state index contributed by atoms with van der Waals surface area (Å²) in [6.07, 6.45) is 5.41.